The van der Waals surface area contributed by atoms with Gasteiger partial charge in [-0.1, -0.05) is 6.07 Å². The predicted octanol–water partition coefficient (Wildman–Crippen LogP) is 2.34. The molecule has 4 nitrogen and oxygen atoms in total. The molecule has 0 bridgehead atoms. The van der Waals surface area contributed by atoms with E-state index < -0.39 is 11.6 Å². The molecule has 0 atom stereocenters. The first-order valence-corrected chi connectivity index (χ1v) is 6.17. The van der Waals surface area contributed by atoms with E-state index in [-0.39, 0.29) is 0 Å². The Morgan fingerprint density at radius 1 is 1.15 bits per heavy atom. The summed E-state index contributed by atoms with van der Waals surface area (Å²) in [6, 6.07) is 7.64. The molecular weight excluding hydrogens is 262 g/mol. The van der Waals surface area contributed by atoms with Crippen molar-refractivity contribution < 1.29 is 8.78 Å². The van der Waals surface area contributed by atoms with E-state index in [4.69, 9.17) is 5.73 Å². The van der Waals surface area contributed by atoms with E-state index in [0.717, 1.165) is 12.1 Å². The smallest absolute Gasteiger partial charge is 0.161 e. The molecule has 0 spiro atoms. The minimum absolute atomic E-state index is 0.365. The van der Waals surface area contributed by atoms with Gasteiger partial charge in [-0.2, -0.15) is 0 Å². The molecule has 20 heavy (non-hydrogen) atoms. The molecule has 0 amide bonds. The molecular formula is C14H12F2N4. The molecule has 0 aliphatic carbocycles. The van der Waals surface area contributed by atoms with Crippen LogP contribution in [-0.4, -0.2) is 21.1 Å². The lowest BCUT2D eigenvalue weighted by atomic mass is 10.3. The maximum atomic E-state index is 13.4. The standard InChI is InChI=1S/C14H12F2N4/c15-9-7-12-13(8-10(9)16)20(6-4-17)14(19-12)11-3-1-2-5-18-11/h1-3,5,7-8H,4,6,17H2. The molecule has 0 radical (unpaired) electrons. The van der Waals surface area contributed by atoms with Crippen LogP contribution in [0.5, 0.6) is 0 Å². The highest BCUT2D eigenvalue weighted by molar-refractivity contribution is 5.80. The number of halogens is 2. The third kappa shape index (κ3) is 2.04. The van der Waals surface area contributed by atoms with Gasteiger partial charge in [0.25, 0.3) is 0 Å². The summed E-state index contributed by atoms with van der Waals surface area (Å²) < 4.78 is 28.5. The molecule has 102 valence electrons. The Balaban J connectivity index is 2.28. The molecule has 0 saturated carbocycles. The topological polar surface area (TPSA) is 56.7 Å². The van der Waals surface area contributed by atoms with Crippen LogP contribution in [0, 0.1) is 11.6 Å². The summed E-state index contributed by atoms with van der Waals surface area (Å²) in [6.07, 6.45) is 1.64. The molecule has 3 aromatic rings. The van der Waals surface area contributed by atoms with E-state index in [1.54, 1.807) is 22.9 Å². The Labute approximate surface area is 113 Å². The summed E-state index contributed by atoms with van der Waals surface area (Å²) in [5.74, 6) is -1.26. The predicted molar refractivity (Wildman–Crippen MR) is 71.9 cm³/mol. The van der Waals surface area contributed by atoms with Crippen LogP contribution >= 0.6 is 0 Å². The van der Waals surface area contributed by atoms with Crippen LogP contribution in [0.2, 0.25) is 0 Å². The SMILES string of the molecule is NCCn1c(-c2ccccn2)nc2cc(F)c(F)cc21. The fraction of sp³-hybridized carbons (Fsp3) is 0.143. The van der Waals surface area contributed by atoms with Crippen LogP contribution in [0.25, 0.3) is 22.6 Å². The molecule has 0 fully saturated rings. The van der Waals surface area contributed by atoms with Crippen LogP contribution in [0.15, 0.2) is 36.5 Å². The Morgan fingerprint density at radius 2 is 1.95 bits per heavy atom. The van der Waals surface area contributed by atoms with Crippen molar-refractivity contribution in [3.8, 4) is 11.5 Å². The lowest BCUT2D eigenvalue weighted by Crippen LogP contribution is -2.11. The van der Waals surface area contributed by atoms with Gasteiger partial charge in [-0.3, -0.25) is 4.98 Å². The monoisotopic (exact) mass is 274 g/mol. The van der Waals surface area contributed by atoms with Gasteiger partial charge in [0, 0.05) is 31.4 Å². The number of rotatable bonds is 3. The highest BCUT2D eigenvalue weighted by atomic mass is 19.2. The first kappa shape index (κ1) is 12.7. The fourth-order valence-electron chi connectivity index (χ4n) is 2.17. The van der Waals surface area contributed by atoms with Crippen molar-refractivity contribution in [2.45, 2.75) is 6.54 Å². The minimum atomic E-state index is -0.914. The summed E-state index contributed by atoms with van der Waals surface area (Å²) in [5.41, 5.74) is 7.12. The second-order valence-corrected chi connectivity index (χ2v) is 4.35. The maximum Gasteiger partial charge on any atom is 0.161 e. The van der Waals surface area contributed by atoms with Crippen LogP contribution in [0.1, 0.15) is 0 Å². The number of imidazole rings is 1. The van der Waals surface area contributed by atoms with Gasteiger partial charge in [0.15, 0.2) is 17.5 Å². The number of nitrogens with two attached hydrogens (primary N) is 1. The first-order valence-electron chi connectivity index (χ1n) is 6.17. The minimum Gasteiger partial charge on any atom is -0.329 e. The van der Waals surface area contributed by atoms with E-state index in [2.05, 4.69) is 9.97 Å². The summed E-state index contributed by atoms with van der Waals surface area (Å²) >= 11 is 0. The van der Waals surface area contributed by atoms with Gasteiger partial charge in [0.2, 0.25) is 0 Å². The van der Waals surface area contributed by atoms with Crippen LogP contribution in [0.4, 0.5) is 8.78 Å². The molecule has 2 heterocycles. The van der Waals surface area contributed by atoms with Crippen molar-refractivity contribution in [2.24, 2.45) is 5.73 Å². The second kappa shape index (κ2) is 4.97. The van der Waals surface area contributed by atoms with Crippen molar-refractivity contribution >= 4 is 11.0 Å². The number of hydrogen-bond acceptors (Lipinski definition) is 3. The van der Waals surface area contributed by atoms with Gasteiger partial charge in [-0.25, -0.2) is 13.8 Å². The van der Waals surface area contributed by atoms with Gasteiger partial charge in [0.1, 0.15) is 5.69 Å². The molecule has 0 saturated heterocycles. The number of pyridine rings is 1. The lowest BCUT2D eigenvalue weighted by Gasteiger charge is -2.07. The van der Waals surface area contributed by atoms with Gasteiger partial charge in [-0.15, -0.1) is 0 Å². The largest absolute Gasteiger partial charge is 0.329 e. The Hall–Kier alpha value is -2.34. The zero-order valence-corrected chi connectivity index (χ0v) is 10.6. The maximum absolute atomic E-state index is 13.4. The average molecular weight is 274 g/mol. The van der Waals surface area contributed by atoms with Crippen molar-refractivity contribution in [1.82, 2.24) is 14.5 Å². The van der Waals surface area contributed by atoms with E-state index in [9.17, 15) is 8.78 Å². The zero-order chi connectivity index (χ0) is 14.1. The highest BCUT2D eigenvalue weighted by Gasteiger charge is 2.15. The lowest BCUT2D eigenvalue weighted by molar-refractivity contribution is 0.510. The van der Waals surface area contributed by atoms with Crippen molar-refractivity contribution in [2.75, 3.05) is 6.54 Å². The molecule has 3 rings (SSSR count). The summed E-state index contributed by atoms with van der Waals surface area (Å²) in [4.78, 5) is 8.56. The van der Waals surface area contributed by atoms with Gasteiger partial charge < -0.3 is 10.3 Å². The van der Waals surface area contributed by atoms with Crippen LogP contribution in [0.3, 0.4) is 0 Å². The van der Waals surface area contributed by atoms with Crippen molar-refractivity contribution in [1.29, 1.82) is 0 Å². The van der Waals surface area contributed by atoms with E-state index >= 15 is 0 Å². The summed E-state index contributed by atoms with van der Waals surface area (Å²) in [7, 11) is 0. The number of nitrogens with zero attached hydrogens (tertiary/aromatic N) is 3. The third-order valence-corrected chi connectivity index (χ3v) is 3.04. The summed E-state index contributed by atoms with van der Waals surface area (Å²) in [5, 5.41) is 0. The van der Waals surface area contributed by atoms with Crippen molar-refractivity contribution in [3.63, 3.8) is 0 Å². The quantitative estimate of drug-likeness (QED) is 0.797. The molecule has 6 heteroatoms. The van der Waals surface area contributed by atoms with Gasteiger partial charge in [-0.05, 0) is 12.1 Å². The second-order valence-electron chi connectivity index (χ2n) is 4.35. The normalized spacial score (nSPS) is 11.2. The van der Waals surface area contributed by atoms with E-state index in [0.29, 0.717) is 35.6 Å². The number of fused-ring (bicyclic) bond motifs is 1. The Bertz CT molecular complexity index is 753. The molecule has 2 aromatic heterocycles. The molecule has 1 aromatic carbocycles. The number of benzene rings is 1. The number of hydrogen-bond donors (Lipinski definition) is 1. The van der Waals surface area contributed by atoms with E-state index in [1.165, 1.54) is 0 Å². The number of aromatic nitrogens is 3. The highest BCUT2D eigenvalue weighted by Crippen LogP contribution is 2.25. The molecule has 0 aliphatic heterocycles. The average Bonchev–Trinajstić information content (AvgIpc) is 2.79. The van der Waals surface area contributed by atoms with E-state index in [1.807, 2.05) is 6.07 Å². The first-order chi connectivity index (χ1) is 9.70. The molecule has 2 N–H and O–H groups in total. The Kier molecular flexibility index (Phi) is 3.15. The fourth-order valence-corrected chi connectivity index (χ4v) is 2.17. The van der Waals surface area contributed by atoms with Crippen LogP contribution in [-0.2, 0) is 6.54 Å². The van der Waals surface area contributed by atoms with Gasteiger partial charge >= 0.3 is 0 Å². The Morgan fingerprint density at radius 3 is 2.65 bits per heavy atom. The zero-order valence-electron chi connectivity index (χ0n) is 10.6. The molecule has 0 unspecified atom stereocenters. The third-order valence-electron chi connectivity index (χ3n) is 3.04. The van der Waals surface area contributed by atoms with Crippen molar-refractivity contribution in [3.05, 3.63) is 48.2 Å². The molecule has 0 aliphatic rings. The summed E-state index contributed by atoms with van der Waals surface area (Å²) in [6.45, 7) is 0.817. The van der Waals surface area contributed by atoms with Gasteiger partial charge in [0.05, 0.1) is 11.0 Å². The van der Waals surface area contributed by atoms with Crippen LogP contribution < -0.4 is 5.73 Å².